The summed E-state index contributed by atoms with van der Waals surface area (Å²) in [6, 6.07) is 2.16. The Morgan fingerprint density at radius 1 is 1.40 bits per heavy atom. The number of esters is 1. The molecule has 0 unspecified atom stereocenters. The van der Waals surface area contributed by atoms with E-state index in [1.807, 2.05) is 0 Å². The van der Waals surface area contributed by atoms with E-state index in [0.29, 0.717) is 0 Å². The second kappa shape index (κ2) is 5.70. The van der Waals surface area contributed by atoms with Crippen molar-refractivity contribution in [3.8, 4) is 11.3 Å². The predicted molar refractivity (Wildman–Crippen MR) is 70.2 cm³/mol. The molecule has 106 valence electrons. The van der Waals surface area contributed by atoms with Crippen LogP contribution in [0.2, 0.25) is 0 Å². The van der Waals surface area contributed by atoms with Crippen LogP contribution in [0.4, 0.5) is 8.78 Å². The van der Waals surface area contributed by atoms with Gasteiger partial charge in [0.15, 0.2) is 0 Å². The monoisotopic (exact) mass is 345 g/mol. The molecule has 20 heavy (non-hydrogen) atoms. The molecule has 0 spiro atoms. The fraction of sp³-hybridized carbons (Fsp3) is 0.231. The van der Waals surface area contributed by atoms with Gasteiger partial charge in [-0.25, -0.2) is 13.6 Å². The maximum absolute atomic E-state index is 13.9. The van der Waals surface area contributed by atoms with E-state index in [0.717, 1.165) is 12.1 Å². The highest BCUT2D eigenvalue weighted by atomic mass is 79.9. The molecule has 0 radical (unpaired) electrons. The molecule has 0 N–H and O–H groups in total. The second-order valence-electron chi connectivity index (χ2n) is 3.93. The number of ether oxygens (including phenoxy) is 1. The van der Waals surface area contributed by atoms with Crippen molar-refractivity contribution in [2.45, 2.75) is 13.8 Å². The van der Waals surface area contributed by atoms with Crippen molar-refractivity contribution in [2.24, 2.45) is 0 Å². The molecule has 0 saturated carbocycles. The van der Waals surface area contributed by atoms with E-state index in [2.05, 4.69) is 21.1 Å². The van der Waals surface area contributed by atoms with Crippen LogP contribution >= 0.6 is 15.9 Å². The Bertz CT molecular complexity index is 647. The van der Waals surface area contributed by atoms with Gasteiger partial charge in [0.25, 0.3) is 0 Å². The van der Waals surface area contributed by atoms with Crippen molar-refractivity contribution >= 4 is 21.9 Å². The maximum Gasteiger partial charge on any atom is 0.344 e. The lowest BCUT2D eigenvalue weighted by Crippen LogP contribution is -2.07. The first-order valence-corrected chi connectivity index (χ1v) is 6.53. The quantitative estimate of drug-likeness (QED) is 0.792. The smallest absolute Gasteiger partial charge is 0.344 e. The third kappa shape index (κ3) is 2.58. The first kappa shape index (κ1) is 14.6. The van der Waals surface area contributed by atoms with E-state index in [9.17, 15) is 13.6 Å². The van der Waals surface area contributed by atoms with Crippen LogP contribution < -0.4 is 0 Å². The zero-order valence-electron chi connectivity index (χ0n) is 10.7. The number of aryl methyl sites for hydroxylation is 1. The zero-order valence-corrected chi connectivity index (χ0v) is 12.3. The van der Waals surface area contributed by atoms with E-state index in [4.69, 9.17) is 9.26 Å². The Morgan fingerprint density at radius 2 is 2.00 bits per heavy atom. The SMILES string of the molecule is CCOC(=O)c1c(-c2c(F)cc(Br)cc2F)noc1C. The normalized spacial score (nSPS) is 10.7. The van der Waals surface area contributed by atoms with E-state index in [-0.39, 0.29) is 28.1 Å². The Balaban J connectivity index is 2.63. The highest BCUT2D eigenvalue weighted by molar-refractivity contribution is 9.10. The first-order chi connectivity index (χ1) is 9.45. The minimum Gasteiger partial charge on any atom is -0.462 e. The summed E-state index contributed by atoms with van der Waals surface area (Å²) in [5.74, 6) is -2.30. The predicted octanol–water partition coefficient (Wildman–Crippen LogP) is 3.87. The number of carbonyl (C=O) groups excluding carboxylic acids is 1. The van der Waals surface area contributed by atoms with Gasteiger partial charge in [0.1, 0.15) is 28.7 Å². The van der Waals surface area contributed by atoms with Crippen LogP contribution in [0.1, 0.15) is 23.0 Å². The van der Waals surface area contributed by atoms with Gasteiger partial charge in [-0.1, -0.05) is 21.1 Å². The highest BCUT2D eigenvalue weighted by Crippen LogP contribution is 2.32. The summed E-state index contributed by atoms with van der Waals surface area (Å²) in [7, 11) is 0. The fourth-order valence-electron chi connectivity index (χ4n) is 1.75. The molecule has 1 aromatic heterocycles. The van der Waals surface area contributed by atoms with Gasteiger partial charge in [-0.3, -0.25) is 0 Å². The van der Waals surface area contributed by atoms with Crippen molar-refractivity contribution in [1.82, 2.24) is 5.16 Å². The van der Waals surface area contributed by atoms with E-state index in [1.165, 1.54) is 6.92 Å². The molecule has 0 atom stereocenters. The van der Waals surface area contributed by atoms with Crippen LogP contribution in [0.5, 0.6) is 0 Å². The van der Waals surface area contributed by atoms with Crippen LogP contribution in [0.3, 0.4) is 0 Å². The molecule has 0 aliphatic carbocycles. The Kier molecular flexibility index (Phi) is 4.17. The van der Waals surface area contributed by atoms with Crippen molar-refractivity contribution in [1.29, 1.82) is 0 Å². The summed E-state index contributed by atoms with van der Waals surface area (Å²) >= 11 is 2.98. The fourth-order valence-corrected chi connectivity index (χ4v) is 2.16. The molecule has 1 aromatic carbocycles. The standard InChI is InChI=1S/C13H10BrF2NO3/c1-3-19-13(18)10-6(2)20-17-12(10)11-8(15)4-7(14)5-9(11)16/h4-5H,3H2,1-2H3. The van der Waals surface area contributed by atoms with Crippen LogP contribution in [0, 0.1) is 18.6 Å². The molecule has 1 heterocycles. The average Bonchev–Trinajstić information content (AvgIpc) is 2.70. The van der Waals surface area contributed by atoms with Gasteiger partial charge in [-0.15, -0.1) is 0 Å². The molecule has 4 nitrogen and oxygen atoms in total. The largest absolute Gasteiger partial charge is 0.462 e. The number of nitrogens with zero attached hydrogens (tertiary/aromatic N) is 1. The van der Waals surface area contributed by atoms with Gasteiger partial charge in [0.05, 0.1) is 12.2 Å². The van der Waals surface area contributed by atoms with Gasteiger partial charge in [0.2, 0.25) is 0 Å². The second-order valence-corrected chi connectivity index (χ2v) is 4.84. The van der Waals surface area contributed by atoms with Crippen molar-refractivity contribution < 1.29 is 22.8 Å². The maximum atomic E-state index is 13.9. The van der Waals surface area contributed by atoms with Crippen LogP contribution in [-0.2, 0) is 4.74 Å². The summed E-state index contributed by atoms with van der Waals surface area (Å²) in [6.07, 6.45) is 0. The molecule has 0 aliphatic rings. The number of hydrogen-bond donors (Lipinski definition) is 0. The highest BCUT2D eigenvalue weighted by Gasteiger charge is 2.27. The lowest BCUT2D eigenvalue weighted by molar-refractivity contribution is 0.0525. The molecule has 0 fully saturated rings. The minimum atomic E-state index is -0.851. The lowest BCUT2D eigenvalue weighted by atomic mass is 10.1. The van der Waals surface area contributed by atoms with E-state index < -0.39 is 23.2 Å². The van der Waals surface area contributed by atoms with Crippen LogP contribution in [0.25, 0.3) is 11.3 Å². The average molecular weight is 346 g/mol. The number of halogens is 3. The molecule has 0 bridgehead atoms. The Labute approximate surface area is 121 Å². The Morgan fingerprint density at radius 3 is 2.55 bits per heavy atom. The van der Waals surface area contributed by atoms with Gasteiger partial charge < -0.3 is 9.26 Å². The van der Waals surface area contributed by atoms with Gasteiger partial charge >= 0.3 is 5.97 Å². The summed E-state index contributed by atoms with van der Waals surface area (Å²) in [5.41, 5.74) is -0.705. The van der Waals surface area contributed by atoms with Crippen molar-refractivity contribution in [3.05, 3.63) is 39.6 Å². The summed E-state index contributed by atoms with van der Waals surface area (Å²) < 4.78 is 37.8. The number of hydrogen-bond acceptors (Lipinski definition) is 4. The van der Waals surface area contributed by atoms with Crippen molar-refractivity contribution in [2.75, 3.05) is 6.61 Å². The van der Waals surface area contributed by atoms with Gasteiger partial charge in [-0.2, -0.15) is 0 Å². The van der Waals surface area contributed by atoms with Crippen LogP contribution in [-0.4, -0.2) is 17.7 Å². The summed E-state index contributed by atoms with van der Waals surface area (Å²) in [6.45, 7) is 3.23. The molecule has 0 saturated heterocycles. The molecule has 0 amide bonds. The third-order valence-corrected chi connectivity index (χ3v) is 3.04. The number of rotatable bonds is 3. The van der Waals surface area contributed by atoms with E-state index in [1.54, 1.807) is 6.92 Å². The van der Waals surface area contributed by atoms with Gasteiger partial charge in [-0.05, 0) is 26.0 Å². The summed E-state index contributed by atoms with van der Waals surface area (Å²) in [5, 5.41) is 3.57. The van der Waals surface area contributed by atoms with Crippen molar-refractivity contribution in [3.63, 3.8) is 0 Å². The molecule has 2 aromatic rings. The summed E-state index contributed by atoms with van der Waals surface area (Å²) in [4.78, 5) is 11.8. The molecule has 7 heteroatoms. The molecule has 2 rings (SSSR count). The topological polar surface area (TPSA) is 52.3 Å². The third-order valence-electron chi connectivity index (χ3n) is 2.59. The Hall–Kier alpha value is -1.76. The number of aromatic nitrogens is 1. The zero-order chi connectivity index (χ0) is 14.9. The molecule has 0 aliphatic heterocycles. The molecular formula is C13H10BrF2NO3. The molecular weight excluding hydrogens is 336 g/mol. The van der Waals surface area contributed by atoms with E-state index >= 15 is 0 Å². The minimum absolute atomic E-state index is 0.0769. The van der Waals surface area contributed by atoms with Crippen LogP contribution in [0.15, 0.2) is 21.1 Å². The number of carbonyl (C=O) groups is 1. The first-order valence-electron chi connectivity index (χ1n) is 5.74. The van der Waals surface area contributed by atoms with Gasteiger partial charge in [0, 0.05) is 4.47 Å². The lowest BCUT2D eigenvalue weighted by Gasteiger charge is -2.05. The number of benzene rings is 1.